The highest BCUT2D eigenvalue weighted by Gasteiger charge is 2.23. The highest BCUT2D eigenvalue weighted by Crippen LogP contribution is 2.28. The number of nitrogens with zero attached hydrogens (tertiary/aromatic N) is 2. The van der Waals surface area contributed by atoms with E-state index in [1.807, 2.05) is 18.2 Å². The first-order valence-corrected chi connectivity index (χ1v) is 11.8. The molecule has 1 saturated heterocycles. The van der Waals surface area contributed by atoms with E-state index in [9.17, 15) is 18.3 Å². The maximum Gasteiger partial charge on any atom is 0.337 e. The Labute approximate surface area is 188 Å². The van der Waals surface area contributed by atoms with Gasteiger partial charge in [-0.1, -0.05) is 36.4 Å². The number of aryl methyl sites for hydroxylation is 1. The Hall–Kier alpha value is -3.52. The van der Waals surface area contributed by atoms with Crippen LogP contribution in [0.2, 0.25) is 0 Å². The van der Waals surface area contributed by atoms with Crippen molar-refractivity contribution in [3.63, 3.8) is 0 Å². The molecular weight excluding hydrogens is 426 g/mol. The van der Waals surface area contributed by atoms with Crippen LogP contribution >= 0.6 is 0 Å². The smallest absolute Gasteiger partial charge is 0.337 e. The van der Waals surface area contributed by atoms with Crippen molar-refractivity contribution in [2.45, 2.75) is 11.8 Å². The summed E-state index contributed by atoms with van der Waals surface area (Å²) in [6.45, 7) is 4.80. The second kappa shape index (κ2) is 8.92. The molecule has 0 unspecified atom stereocenters. The second-order valence-corrected chi connectivity index (χ2v) is 9.37. The van der Waals surface area contributed by atoms with Gasteiger partial charge in [0.1, 0.15) is 0 Å². The topological polar surface area (TPSA) is 90.0 Å². The monoisotopic (exact) mass is 451 g/mol. The van der Waals surface area contributed by atoms with Gasteiger partial charge in [0, 0.05) is 37.6 Å². The van der Waals surface area contributed by atoms with Crippen LogP contribution in [0.4, 0.5) is 17.1 Å². The normalized spacial score (nSPS) is 14.3. The molecule has 0 spiro atoms. The zero-order chi connectivity index (χ0) is 22.7. The lowest BCUT2D eigenvalue weighted by molar-refractivity contribution is 0.0698. The molecule has 32 heavy (non-hydrogen) atoms. The number of carboxylic acids is 1. The first-order chi connectivity index (χ1) is 15.3. The third-order valence-corrected chi connectivity index (χ3v) is 7.15. The Balaban J connectivity index is 1.54. The number of hydrogen-bond donors (Lipinski definition) is 2. The number of piperazine rings is 1. The van der Waals surface area contributed by atoms with Crippen molar-refractivity contribution in [2.75, 3.05) is 40.7 Å². The largest absolute Gasteiger partial charge is 0.478 e. The Morgan fingerprint density at radius 3 is 2.06 bits per heavy atom. The van der Waals surface area contributed by atoms with Crippen molar-refractivity contribution in [3.8, 4) is 0 Å². The fourth-order valence-corrected chi connectivity index (χ4v) is 5.24. The number of carboxylic acid groups (broad SMARTS) is 1. The van der Waals surface area contributed by atoms with E-state index in [0.717, 1.165) is 31.9 Å². The van der Waals surface area contributed by atoms with Gasteiger partial charge in [-0.3, -0.25) is 4.72 Å². The Kier molecular flexibility index (Phi) is 6.05. The van der Waals surface area contributed by atoms with Gasteiger partial charge in [0.05, 0.1) is 16.1 Å². The number of nitrogens with one attached hydrogen (secondary N) is 1. The zero-order valence-electron chi connectivity index (χ0n) is 17.7. The fraction of sp³-hybridized carbons (Fsp3) is 0.208. The summed E-state index contributed by atoms with van der Waals surface area (Å²) in [6, 6.07) is 21.6. The number of rotatable bonds is 6. The maximum atomic E-state index is 12.8. The summed E-state index contributed by atoms with van der Waals surface area (Å²) in [5.74, 6) is -1.18. The summed E-state index contributed by atoms with van der Waals surface area (Å²) in [4.78, 5) is 16.5. The third-order valence-electron chi connectivity index (χ3n) is 5.63. The van der Waals surface area contributed by atoms with Crippen LogP contribution in [0.1, 0.15) is 15.9 Å². The van der Waals surface area contributed by atoms with Gasteiger partial charge in [-0.05, 0) is 48.9 Å². The number of sulfonamides is 1. The van der Waals surface area contributed by atoms with Crippen LogP contribution in [0, 0.1) is 6.92 Å². The number of carbonyl (C=O) groups is 1. The predicted molar refractivity (Wildman–Crippen MR) is 126 cm³/mol. The van der Waals surface area contributed by atoms with E-state index in [2.05, 4.69) is 26.7 Å². The van der Waals surface area contributed by atoms with Crippen LogP contribution in [0.25, 0.3) is 0 Å². The van der Waals surface area contributed by atoms with Gasteiger partial charge >= 0.3 is 5.97 Å². The average Bonchev–Trinajstić information content (AvgIpc) is 2.80. The molecule has 0 saturated carbocycles. The van der Waals surface area contributed by atoms with Crippen LogP contribution in [0.3, 0.4) is 0 Å². The summed E-state index contributed by atoms with van der Waals surface area (Å²) in [6.07, 6.45) is 0. The molecule has 0 bridgehead atoms. The first-order valence-electron chi connectivity index (χ1n) is 10.4. The third kappa shape index (κ3) is 4.55. The van der Waals surface area contributed by atoms with Crippen molar-refractivity contribution < 1.29 is 18.3 Å². The summed E-state index contributed by atoms with van der Waals surface area (Å²) < 4.78 is 28.1. The molecule has 166 valence electrons. The van der Waals surface area contributed by atoms with Gasteiger partial charge in [-0.2, -0.15) is 0 Å². The number of anilines is 3. The molecule has 3 aromatic rings. The molecule has 2 N–H and O–H groups in total. The second-order valence-electron chi connectivity index (χ2n) is 7.72. The molecule has 1 aliphatic rings. The van der Waals surface area contributed by atoms with E-state index < -0.39 is 16.0 Å². The Morgan fingerprint density at radius 1 is 0.844 bits per heavy atom. The van der Waals surface area contributed by atoms with Crippen molar-refractivity contribution >= 4 is 33.1 Å². The van der Waals surface area contributed by atoms with Crippen LogP contribution in [0.15, 0.2) is 77.7 Å². The Bertz CT molecular complexity index is 1220. The molecule has 1 heterocycles. The minimum absolute atomic E-state index is 0.0485. The van der Waals surface area contributed by atoms with Crippen LogP contribution in [-0.2, 0) is 10.0 Å². The van der Waals surface area contributed by atoms with Crippen molar-refractivity contribution in [1.29, 1.82) is 0 Å². The summed E-state index contributed by atoms with van der Waals surface area (Å²) in [5.41, 5.74) is 2.48. The van der Waals surface area contributed by atoms with Gasteiger partial charge in [-0.15, -0.1) is 0 Å². The van der Waals surface area contributed by atoms with E-state index in [1.54, 1.807) is 31.2 Å². The highest BCUT2D eigenvalue weighted by atomic mass is 32.2. The minimum atomic E-state index is -3.91. The first kappa shape index (κ1) is 21.7. The molecule has 4 rings (SSSR count). The van der Waals surface area contributed by atoms with E-state index in [1.165, 1.54) is 23.9 Å². The minimum Gasteiger partial charge on any atom is -0.478 e. The lowest BCUT2D eigenvalue weighted by Gasteiger charge is -2.37. The quantitative estimate of drug-likeness (QED) is 0.592. The van der Waals surface area contributed by atoms with Gasteiger partial charge in [0.25, 0.3) is 10.0 Å². The SMILES string of the molecule is Cc1ccccc1S(=O)(=O)Nc1ccc(N2CCN(c3ccccc3)CC2)cc1C(=O)O. The van der Waals surface area contributed by atoms with E-state index in [0.29, 0.717) is 5.56 Å². The molecule has 0 radical (unpaired) electrons. The molecule has 3 aromatic carbocycles. The summed E-state index contributed by atoms with van der Waals surface area (Å²) >= 11 is 0. The van der Waals surface area contributed by atoms with Gasteiger partial charge in [0.15, 0.2) is 0 Å². The van der Waals surface area contributed by atoms with Crippen molar-refractivity contribution in [2.24, 2.45) is 0 Å². The lowest BCUT2D eigenvalue weighted by Crippen LogP contribution is -2.46. The number of benzene rings is 3. The summed E-state index contributed by atoms with van der Waals surface area (Å²) in [5, 5.41) is 9.74. The molecule has 7 nitrogen and oxygen atoms in total. The molecule has 0 aliphatic carbocycles. The van der Waals surface area contributed by atoms with Crippen molar-refractivity contribution in [3.05, 3.63) is 83.9 Å². The summed E-state index contributed by atoms with van der Waals surface area (Å²) in [7, 11) is -3.91. The average molecular weight is 452 g/mol. The van der Waals surface area contributed by atoms with Crippen molar-refractivity contribution in [1.82, 2.24) is 0 Å². The van der Waals surface area contributed by atoms with Crippen LogP contribution in [-0.4, -0.2) is 45.7 Å². The van der Waals surface area contributed by atoms with Gasteiger partial charge in [0.2, 0.25) is 0 Å². The van der Waals surface area contributed by atoms with Crippen LogP contribution < -0.4 is 14.5 Å². The molecule has 0 amide bonds. The lowest BCUT2D eigenvalue weighted by atomic mass is 10.1. The number of hydrogen-bond acceptors (Lipinski definition) is 5. The maximum absolute atomic E-state index is 12.8. The standard InChI is InChI=1S/C24H25N3O4S/c1-18-7-5-6-10-23(18)32(30,31)25-22-12-11-20(17-21(22)24(28)29)27-15-13-26(14-16-27)19-8-3-2-4-9-19/h2-12,17,25H,13-16H2,1H3,(H,28,29). The molecular formula is C24H25N3O4S. The Morgan fingerprint density at radius 2 is 1.44 bits per heavy atom. The molecule has 8 heteroatoms. The van der Waals surface area contributed by atoms with Gasteiger partial charge < -0.3 is 14.9 Å². The predicted octanol–water partition coefficient (Wildman–Crippen LogP) is 3.82. The number of para-hydroxylation sites is 1. The van der Waals surface area contributed by atoms with E-state index >= 15 is 0 Å². The van der Waals surface area contributed by atoms with E-state index in [4.69, 9.17) is 0 Å². The zero-order valence-corrected chi connectivity index (χ0v) is 18.5. The van der Waals surface area contributed by atoms with Gasteiger partial charge in [-0.25, -0.2) is 13.2 Å². The fourth-order valence-electron chi connectivity index (χ4n) is 3.91. The molecule has 0 aromatic heterocycles. The highest BCUT2D eigenvalue weighted by molar-refractivity contribution is 7.92. The van der Waals surface area contributed by atoms with Crippen LogP contribution in [0.5, 0.6) is 0 Å². The number of aromatic carboxylic acids is 1. The van der Waals surface area contributed by atoms with E-state index in [-0.39, 0.29) is 16.1 Å². The molecule has 0 atom stereocenters. The molecule has 1 aliphatic heterocycles. The molecule has 1 fully saturated rings.